The Morgan fingerprint density at radius 1 is 1.47 bits per heavy atom. The van der Waals surface area contributed by atoms with E-state index in [-0.39, 0.29) is 23.3 Å². The Morgan fingerprint density at radius 3 is 2.95 bits per heavy atom. The van der Waals surface area contributed by atoms with Crippen LogP contribution < -0.4 is 5.32 Å². The maximum absolute atomic E-state index is 13.7. The minimum Gasteiger partial charge on any atom is -0.481 e. The SMILES string of the molecule is Cc1ncnc(NCC2CCCCC2C(=O)O)c1F. The van der Waals surface area contributed by atoms with E-state index in [9.17, 15) is 14.3 Å². The molecule has 1 aliphatic rings. The number of aromatic nitrogens is 2. The van der Waals surface area contributed by atoms with E-state index >= 15 is 0 Å². The Bertz CT molecular complexity index is 467. The molecule has 0 aromatic carbocycles. The molecule has 2 N–H and O–H groups in total. The van der Waals surface area contributed by atoms with Gasteiger partial charge >= 0.3 is 5.97 Å². The molecule has 0 bridgehead atoms. The number of hydrogen-bond donors (Lipinski definition) is 2. The highest BCUT2D eigenvalue weighted by atomic mass is 19.1. The van der Waals surface area contributed by atoms with Crippen molar-refractivity contribution in [1.82, 2.24) is 9.97 Å². The zero-order chi connectivity index (χ0) is 13.8. The quantitative estimate of drug-likeness (QED) is 0.875. The van der Waals surface area contributed by atoms with Gasteiger partial charge in [-0.05, 0) is 25.7 Å². The third-order valence-corrected chi connectivity index (χ3v) is 3.72. The first-order chi connectivity index (χ1) is 9.09. The largest absolute Gasteiger partial charge is 0.481 e. The van der Waals surface area contributed by atoms with E-state index in [1.54, 1.807) is 6.92 Å². The molecular formula is C13H18FN3O2. The first kappa shape index (κ1) is 13.7. The number of nitrogens with zero attached hydrogens (tertiary/aromatic N) is 2. The number of halogens is 1. The van der Waals surface area contributed by atoms with E-state index in [1.807, 2.05) is 0 Å². The molecule has 2 unspecified atom stereocenters. The van der Waals surface area contributed by atoms with E-state index < -0.39 is 11.8 Å². The van der Waals surface area contributed by atoms with Crippen molar-refractivity contribution in [1.29, 1.82) is 0 Å². The highest BCUT2D eigenvalue weighted by Crippen LogP contribution is 2.30. The van der Waals surface area contributed by atoms with Crippen molar-refractivity contribution in [2.75, 3.05) is 11.9 Å². The molecule has 1 heterocycles. The fourth-order valence-electron chi connectivity index (χ4n) is 2.59. The molecule has 19 heavy (non-hydrogen) atoms. The summed E-state index contributed by atoms with van der Waals surface area (Å²) in [5.74, 6) is -1.38. The molecule has 0 saturated heterocycles. The smallest absolute Gasteiger partial charge is 0.306 e. The lowest BCUT2D eigenvalue weighted by atomic mass is 9.79. The van der Waals surface area contributed by atoms with Crippen molar-refractivity contribution in [2.45, 2.75) is 32.6 Å². The van der Waals surface area contributed by atoms with Gasteiger partial charge in [0.25, 0.3) is 0 Å². The Kier molecular flexibility index (Phi) is 4.29. The maximum atomic E-state index is 13.7. The lowest BCUT2D eigenvalue weighted by molar-refractivity contribution is -0.144. The second-order valence-electron chi connectivity index (χ2n) is 4.99. The second kappa shape index (κ2) is 5.95. The minimum atomic E-state index is -0.758. The van der Waals surface area contributed by atoms with Crippen LogP contribution in [0.15, 0.2) is 6.33 Å². The number of hydrogen-bond acceptors (Lipinski definition) is 4. The van der Waals surface area contributed by atoms with Gasteiger partial charge < -0.3 is 10.4 Å². The van der Waals surface area contributed by atoms with E-state index in [0.717, 1.165) is 19.3 Å². The summed E-state index contributed by atoms with van der Waals surface area (Å²) in [7, 11) is 0. The molecule has 0 spiro atoms. The lowest BCUT2D eigenvalue weighted by Gasteiger charge is -2.28. The summed E-state index contributed by atoms with van der Waals surface area (Å²) < 4.78 is 13.7. The summed E-state index contributed by atoms with van der Waals surface area (Å²) in [4.78, 5) is 18.8. The third-order valence-electron chi connectivity index (χ3n) is 3.72. The molecule has 1 aromatic rings. The van der Waals surface area contributed by atoms with Gasteiger partial charge in [0.1, 0.15) is 6.33 Å². The van der Waals surface area contributed by atoms with Crippen LogP contribution in [-0.4, -0.2) is 27.6 Å². The average molecular weight is 267 g/mol. The molecule has 0 aliphatic heterocycles. The summed E-state index contributed by atoms with van der Waals surface area (Å²) in [5.41, 5.74) is 0.288. The molecule has 2 atom stereocenters. The number of aryl methyl sites for hydroxylation is 1. The number of nitrogens with one attached hydrogen (secondary N) is 1. The molecule has 1 fully saturated rings. The van der Waals surface area contributed by atoms with E-state index in [2.05, 4.69) is 15.3 Å². The Labute approximate surface area is 111 Å². The highest BCUT2D eigenvalue weighted by Gasteiger charge is 2.30. The van der Waals surface area contributed by atoms with Crippen LogP contribution in [0.2, 0.25) is 0 Å². The number of anilines is 1. The van der Waals surface area contributed by atoms with Gasteiger partial charge in [-0.15, -0.1) is 0 Å². The van der Waals surface area contributed by atoms with Gasteiger partial charge in [0.05, 0.1) is 11.6 Å². The predicted octanol–water partition coefficient (Wildman–Crippen LogP) is 2.23. The van der Waals surface area contributed by atoms with Crippen molar-refractivity contribution in [3.05, 3.63) is 17.8 Å². The van der Waals surface area contributed by atoms with Crippen LogP contribution in [-0.2, 0) is 4.79 Å². The molecule has 6 heteroatoms. The third kappa shape index (κ3) is 3.19. The normalized spacial score (nSPS) is 23.1. The van der Waals surface area contributed by atoms with Gasteiger partial charge in [-0.2, -0.15) is 0 Å². The first-order valence-electron chi connectivity index (χ1n) is 6.53. The molecular weight excluding hydrogens is 249 g/mol. The summed E-state index contributed by atoms with van der Waals surface area (Å²) in [6.45, 7) is 2.01. The number of carboxylic acids is 1. The lowest BCUT2D eigenvalue weighted by Crippen LogP contribution is -2.32. The van der Waals surface area contributed by atoms with Crippen LogP contribution in [0.1, 0.15) is 31.4 Å². The summed E-state index contributed by atoms with van der Waals surface area (Å²) in [6.07, 6.45) is 4.84. The monoisotopic (exact) mass is 267 g/mol. The molecule has 0 amide bonds. The van der Waals surface area contributed by atoms with Gasteiger partial charge in [-0.3, -0.25) is 4.79 Å². The number of rotatable bonds is 4. The van der Waals surface area contributed by atoms with Gasteiger partial charge in [0.2, 0.25) is 0 Å². The van der Waals surface area contributed by atoms with Crippen LogP contribution in [0.3, 0.4) is 0 Å². The predicted molar refractivity (Wildman–Crippen MR) is 68.3 cm³/mol. The Balaban J connectivity index is 2.00. The zero-order valence-electron chi connectivity index (χ0n) is 10.9. The molecule has 2 rings (SSSR count). The molecule has 5 nitrogen and oxygen atoms in total. The standard InChI is InChI=1S/C13H18FN3O2/c1-8-11(14)12(17-7-16-8)15-6-9-4-2-3-5-10(9)13(18)19/h7,9-10H,2-6H2,1H3,(H,18,19)(H,15,16,17). The molecule has 1 saturated carbocycles. The fourth-order valence-corrected chi connectivity index (χ4v) is 2.59. The fraction of sp³-hybridized carbons (Fsp3) is 0.615. The first-order valence-corrected chi connectivity index (χ1v) is 6.53. The molecule has 0 radical (unpaired) electrons. The van der Waals surface area contributed by atoms with Crippen LogP contribution in [0, 0.1) is 24.6 Å². The topological polar surface area (TPSA) is 75.1 Å². The van der Waals surface area contributed by atoms with Crippen molar-refractivity contribution in [3.63, 3.8) is 0 Å². The van der Waals surface area contributed by atoms with Crippen molar-refractivity contribution in [3.8, 4) is 0 Å². The van der Waals surface area contributed by atoms with Crippen LogP contribution >= 0.6 is 0 Å². The van der Waals surface area contributed by atoms with Gasteiger partial charge in [-0.1, -0.05) is 12.8 Å². The Hall–Kier alpha value is -1.72. The summed E-state index contributed by atoms with van der Waals surface area (Å²) >= 11 is 0. The van der Waals surface area contributed by atoms with Crippen molar-refractivity contribution in [2.24, 2.45) is 11.8 Å². The summed E-state index contributed by atoms with van der Waals surface area (Å²) in [5, 5.41) is 12.1. The Morgan fingerprint density at radius 2 is 2.21 bits per heavy atom. The minimum absolute atomic E-state index is 0.0286. The van der Waals surface area contributed by atoms with E-state index in [0.29, 0.717) is 13.0 Å². The van der Waals surface area contributed by atoms with Gasteiger partial charge in [-0.25, -0.2) is 14.4 Å². The zero-order valence-corrected chi connectivity index (χ0v) is 10.9. The second-order valence-corrected chi connectivity index (χ2v) is 4.99. The van der Waals surface area contributed by atoms with Crippen LogP contribution in [0.5, 0.6) is 0 Å². The van der Waals surface area contributed by atoms with E-state index in [4.69, 9.17) is 0 Å². The van der Waals surface area contributed by atoms with Crippen molar-refractivity contribution >= 4 is 11.8 Å². The molecule has 1 aliphatic carbocycles. The summed E-state index contributed by atoms with van der Waals surface area (Å²) in [6, 6.07) is 0. The number of carboxylic acid groups (broad SMARTS) is 1. The number of aliphatic carboxylic acids is 1. The molecule has 1 aromatic heterocycles. The molecule has 104 valence electrons. The van der Waals surface area contributed by atoms with E-state index in [1.165, 1.54) is 6.33 Å². The maximum Gasteiger partial charge on any atom is 0.306 e. The van der Waals surface area contributed by atoms with Gasteiger partial charge in [0, 0.05) is 6.54 Å². The number of carbonyl (C=O) groups is 1. The van der Waals surface area contributed by atoms with Crippen molar-refractivity contribution < 1.29 is 14.3 Å². The highest BCUT2D eigenvalue weighted by molar-refractivity contribution is 5.70. The van der Waals surface area contributed by atoms with Crippen LogP contribution in [0.4, 0.5) is 10.2 Å². The van der Waals surface area contributed by atoms with Gasteiger partial charge in [0.15, 0.2) is 11.6 Å². The average Bonchev–Trinajstić information content (AvgIpc) is 2.40. The van der Waals surface area contributed by atoms with Crippen LogP contribution in [0.25, 0.3) is 0 Å².